The molecule has 4 atom stereocenters. The molecule has 0 bridgehead atoms. The number of carbonyl (C=O) groups excluding carboxylic acids is 3. The molecule has 1 rings (SSSR count). The number of nitrogens with two attached hydrogens (primary N) is 1. The van der Waals surface area contributed by atoms with Crippen LogP contribution in [0.5, 0.6) is 0 Å². The molecule has 1 aromatic rings. The van der Waals surface area contributed by atoms with E-state index in [9.17, 15) is 19.2 Å². The van der Waals surface area contributed by atoms with Crippen molar-refractivity contribution in [3.8, 4) is 0 Å². The number of carboxylic acids is 1. The van der Waals surface area contributed by atoms with Crippen LogP contribution in [0.1, 0.15) is 26.0 Å². The fraction of sp³-hybridized carbons (Fsp3) is 0.588. The van der Waals surface area contributed by atoms with Gasteiger partial charge in [-0.1, -0.05) is 0 Å². The van der Waals surface area contributed by atoms with E-state index in [2.05, 4.69) is 25.9 Å². The molecule has 0 fully saturated rings. The molecule has 1 heterocycles. The highest BCUT2D eigenvalue weighted by Gasteiger charge is 2.27. The normalized spacial score (nSPS) is 14.9. The Morgan fingerprint density at radius 3 is 2.34 bits per heavy atom. The molecule has 0 radical (unpaired) electrons. The molecular formula is C17H28N6O5S. The predicted octanol–water partition coefficient (Wildman–Crippen LogP) is -1.39. The Morgan fingerprint density at radius 1 is 1.14 bits per heavy atom. The van der Waals surface area contributed by atoms with E-state index in [0.29, 0.717) is 17.9 Å². The van der Waals surface area contributed by atoms with Crippen LogP contribution in [0.3, 0.4) is 0 Å². The van der Waals surface area contributed by atoms with Crippen LogP contribution in [0.15, 0.2) is 12.5 Å². The van der Waals surface area contributed by atoms with E-state index < -0.39 is 47.9 Å². The van der Waals surface area contributed by atoms with Gasteiger partial charge < -0.3 is 31.8 Å². The third kappa shape index (κ3) is 8.52. The maximum absolute atomic E-state index is 12.7. The van der Waals surface area contributed by atoms with Gasteiger partial charge in [0.15, 0.2) is 0 Å². The average Bonchev–Trinajstić information content (AvgIpc) is 3.18. The van der Waals surface area contributed by atoms with Crippen LogP contribution in [-0.2, 0) is 25.6 Å². The zero-order chi connectivity index (χ0) is 22.0. The summed E-state index contributed by atoms with van der Waals surface area (Å²) in [4.78, 5) is 54.7. The predicted molar refractivity (Wildman–Crippen MR) is 108 cm³/mol. The van der Waals surface area contributed by atoms with Gasteiger partial charge in [-0.05, 0) is 32.3 Å². The second-order valence-corrected chi connectivity index (χ2v) is 7.51. The lowest BCUT2D eigenvalue weighted by Crippen LogP contribution is -2.56. The summed E-state index contributed by atoms with van der Waals surface area (Å²) >= 11 is 1.56. The number of carboxylic acid groups (broad SMARTS) is 1. The van der Waals surface area contributed by atoms with Crippen molar-refractivity contribution in [3.63, 3.8) is 0 Å². The number of carbonyl (C=O) groups is 4. The van der Waals surface area contributed by atoms with Crippen molar-refractivity contribution in [1.82, 2.24) is 25.9 Å². The molecule has 3 amide bonds. The fourth-order valence-corrected chi connectivity index (χ4v) is 2.75. The third-order valence-electron chi connectivity index (χ3n) is 4.06. The number of imidazole rings is 1. The molecule has 7 N–H and O–H groups in total. The number of rotatable bonds is 12. The van der Waals surface area contributed by atoms with Crippen molar-refractivity contribution >= 4 is 35.5 Å². The quantitative estimate of drug-likeness (QED) is 0.235. The third-order valence-corrected chi connectivity index (χ3v) is 4.71. The second-order valence-electron chi connectivity index (χ2n) is 6.53. The monoisotopic (exact) mass is 428 g/mol. The maximum atomic E-state index is 12.7. The van der Waals surface area contributed by atoms with Crippen molar-refractivity contribution in [3.05, 3.63) is 18.2 Å². The highest BCUT2D eigenvalue weighted by atomic mass is 32.2. The zero-order valence-electron chi connectivity index (χ0n) is 16.6. The van der Waals surface area contributed by atoms with Crippen molar-refractivity contribution in [2.24, 2.45) is 5.73 Å². The Hall–Kier alpha value is -2.60. The first-order valence-corrected chi connectivity index (χ1v) is 10.4. The first kappa shape index (κ1) is 24.4. The van der Waals surface area contributed by atoms with Crippen LogP contribution in [0, 0.1) is 0 Å². The number of thioether (sulfide) groups is 1. The van der Waals surface area contributed by atoms with Crippen LogP contribution < -0.4 is 21.7 Å². The lowest BCUT2D eigenvalue weighted by Gasteiger charge is -2.22. The molecule has 29 heavy (non-hydrogen) atoms. The molecule has 0 aliphatic rings. The minimum Gasteiger partial charge on any atom is -0.480 e. The lowest BCUT2D eigenvalue weighted by molar-refractivity contribution is -0.141. The molecule has 0 aromatic carbocycles. The Morgan fingerprint density at radius 2 is 1.79 bits per heavy atom. The van der Waals surface area contributed by atoms with Crippen molar-refractivity contribution < 1.29 is 24.3 Å². The highest BCUT2D eigenvalue weighted by Crippen LogP contribution is 2.03. The number of amides is 3. The molecular weight excluding hydrogens is 400 g/mol. The van der Waals surface area contributed by atoms with E-state index in [0.717, 1.165) is 0 Å². The summed E-state index contributed by atoms with van der Waals surface area (Å²) in [6.45, 7) is 2.73. The van der Waals surface area contributed by atoms with Crippen LogP contribution in [-0.4, -0.2) is 74.9 Å². The Balaban J connectivity index is 2.78. The van der Waals surface area contributed by atoms with Crippen molar-refractivity contribution in [1.29, 1.82) is 0 Å². The Kier molecular flexibility index (Phi) is 10.2. The van der Waals surface area contributed by atoms with Crippen LogP contribution in [0.2, 0.25) is 0 Å². The minimum absolute atomic E-state index is 0.118. The van der Waals surface area contributed by atoms with E-state index in [4.69, 9.17) is 10.8 Å². The second kappa shape index (κ2) is 12.1. The summed E-state index contributed by atoms with van der Waals surface area (Å²) in [7, 11) is 0. The van der Waals surface area contributed by atoms with E-state index in [1.54, 1.807) is 11.8 Å². The van der Waals surface area contributed by atoms with Gasteiger partial charge >= 0.3 is 5.97 Å². The van der Waals surface area contributed by atoms with E-state index in [1.807, 2.05) is 6.26 Å². The van der Waals surface area contributed by atoms with E-state index in [1.165, 1.54) is 26.4 Å². The number of nitrogens with zero attached hydrogens (tertiary/aromatic N) is 1. The fourth-order valence-electron chi connectivity index (χ4n) is 2.26. The zero-order valence-corrected chi connectivity index (χ0v) is 17.4. The molecule has 0 aliphatic heterocycles. The Labute approximate surface area is 173 Å². The molecule has 0 spiro atoms. The molecule has 162 valence electrons. The molecule has 0 saturated carbocycles. The summed E-state index contributed by atoms with van der Waals surface area (Å²) in [6, 6.07) is -3.86. The van der Waals surface area contributed by atoms with Gasteiger partial charge in [0.25, 0.3) is 0 Å². The van der Waals surface area contributed by atoms with Gasteiger partial charge in [-0.3, -0.25) is 19.2 Å². The number of hydrogen-bond donors (Lipinski definition) is 6. The van der Waals surface area contributed by atoms with Crippen LogP contribution in [0.25, 0.3) is 0 Å². The molecule has 4 unspecified atom stereocenters. The van der Waals surface area contributed by atoms with E-state index in [-0.39, 0.29) is 6.42 Å². The van der Waals surface area contributed by atoms with Gasteiger partial charge in [-0.15, -0.1) is 0 Å². The number of hydrogen-bond acceptors (Lipinski definition) is 7. The lowest BCUT2D eigenvalue weighted by atomic mass is 10.1. The van der Waals surface area contributed by atoms with Gasteiger partial charge in [0.1, 0.15) is 18.1 Å². The van der Waals surface area contributed by atoms with Crippen LogP contribution in [0.4, 0.5) is 0 Å². The molecule has 0 aliphatic carbocycles. The summed E-state index contributed by atoms with van der Waals surface area (Å²) in [5.74, 6) is -2.23. The summed E-state index contributed by atoms with van der Waals surface area (Å²) < 4.78 is 0. The molecule has 11 nitrogen and oxygen atoms in total. The number of aliphatic carboxylic acids is 1. The number of nitrogens with one attached hydrogen (secondary N) is 4. The summed E-state index contributed by atoms with van der Waals surface area (Å²) in [5.41, 5.74) is 6.47. The van der Waals surface area contributed by atoms with Gasteiger partial charge in [0, 0.05) is 18.3 Å². The number of H-pyrrole nitrogens is 1. The smallest absolute Gasteiger partial charge is 0.325 e. The largest absolute Gasteiger partial charge is 0.480 e. The highest BCUT2D eigenvalue weighted by molar-refractivity contribution is 7.98. The SMILES string of the molecule is CSCCC(N)C(=O)NC(Cc1cnc[nH]1)C(=O)NC(C)C(=O)NC(C)C(=O)O. The topological polar surface area (TPSA) is 179 Å². The summed E-state index contributed by atoms with van der Waals surface area (Å²) in [6.07, 6.45) is 5.44. The van der Waals surface area contributed by atoms with E-state index >= 15 is 0 Å². The standard InChI is InChI=1S/C17H28N6O5S/c1-9(14(24)22-10(2)17(27)28)21-16(26)13(6-11-7-19-8-20-11)23-15(25)12(18)4-5-29-3/h7-10,12-13H,4-6,18H2,1-3H3,(H,19,20)(H,21,26)(H,22,24)(H,23,25)(H,27,28). The van der Waals surface area contributed by atoms with Gasteiger partial charge in [0.05, 0.1) is 12.4 Å². The number of aromatic amines is 1. The average molecular weight is 429 g/mol. The Bertz CT molecular complexity index is 698. The van der Waals surface area contributed by atoms with Crippen molar-refractivity contribution in [2.45, 2.75) is 50.9 Å². The maximum Gasteiger partial charge on any atom is 0.325 e. The van der Waals surface area contributed by atoms with Crippen LogP contribution >= 0.6 is 11.8 Å². The molecule has 12 heteroatoms. The van der Waals surface area contributed by atoms with Gasteiger partial charge in [-0.25, -0.2) is 4.98 Å². The minimum atomic E-state index is -1.19. The van der Waals surface area contributed by atoms with Gasteiger partial charge in [-0.2, -0.15) is 11.8 Å². The summed E-state index contributed by atoms with van der Waals surface area (Å²) in [5, 5.41) is 16.2. The number of aromatic nitrogens is 2. The van der Waals surface area contributed by atoms with Gasteiger partial charge in [0.2, 0.25) is 17.7 Å². The first-order chi connectivity index (χ1) is 13.6. The van der Waals surface area contributed by atoms with Crippen molar-refractivity contribution in [2.75, 3.05) is 12.0 Å². The first-order valence-electron chi connectivity index (χ1n) is 9.01. The molecule has 1 aromatic heterocycles. The molecule has 0 saturated heterocycles.